The molecule has 0 saturated carbocycles. The van der Waals surface area contributed by atoms with Crippen LogP contribution in [0.4, 0.5) is 0 Å². The van der Waals surface area contributed by atoms with Gasteiger partial charge in [-0.3, -0.25) is 19.3 Å². The van der Waals surface area contributed by atoms with E-state index in [0.717, 1.165) is 19.4 Å². The number of nitrogens with zero attached hydrogens (tertiary/aromatic N) is 1. The first kappa shape index (κ1) is 12.0. The predicted octanol–water partition coefficient (Wildman–Crippen LogP) is -0.412. The standard InChI is InChI=1S/C11H16N2O4/c14-9-4-7(5-10(15)16)11(17)13(9)8-2-1-3-12-6-8/h7-8,12H,1-6H2,(H,15,16). The van der Waals surface area contributed by atoms with Gasteiger partial charge in [0.2, 0.25) is 11.8 Å². The molecule has 0 spiro atoms. The Labute approximate surface area is 99.0 Å². The molecular formula is C11H16N2O4. The summed E-state index contributed by atoms with van der Waals surface area (Å²) >= 11 is 0. The summed E-state index contributed by atoms with van der Waals surface area (Å²) in [5.41, 5.74) is 0. The lowest BCUT2D eigenvalue weighted by Gasteiger charge is -2.30. The third-order valence-electron chi connectivity index (χ3n) is 3.33. The lowest BCUT2D eigenvalue weighted by molar-refractivity contribution is -0.145. The number of carboxylic acids is 1. The second-order valence-electron chi connectivity index (χ2n) is 4.60. The second-order valence-corrected chi connectivity index (χ2v) is 4.60. The third kappa shape index (κ3) is 2.46. The number of hydrogen-bond acceptors (Lipinski definition) is 4. The van der Waals surface area contributed by atoms with Crippen molar-refractivity contribution in [3.8, 4) is 0 Å². The molecule has 2 fully saturated rings. The van der Waals surface area contributed by atoms with Crippen LogP contribution in [0.25, 0.3) is 0 Å². The van der Waals surface area contributed by atoms with Crippen LogP contribution < -0.4 is 5.32 Å². The number of carboxylic acid groups (broad SMARTS) is 1. The maximum absolute atomic E-state index is 12.0. The average molecular weight is 240 g/mol. The van der Waals surface area contributed by atoms with Gasteiger partial charge in [-0.05, 0) is 19.4 Å². The number of aliphatic carboxylic acids is 1. The third-order valence-corrected chi connectivity index (χ3v) is 3.33. The number of nitrogens with one attached hydrogen (secondary N) is 1. The highest BCUT2D eigenvalue weighted by molar-refractivity contribution is 6.05. The van der Waals surface area contributed by atoms with Crippen LogP contribution >= 0.6 is 0 Å². The van der Waals surface area contributed by atoms with Gasteiger partial charge in [-0.1, -0.05) is 0 Å². The van der Waals surface area contributed by atoms with E-state index in [1.165, 1.54) is 4.90 Å². The molecule has 6 nitrogen and oxygen atoms in total. The highest BCUT2D eigenvalue weighted by atomic mass is 16.4. The van der Waals surface area contributed by atoms with E-state index in [0.29, 0.717) is 6.54 Å². The Hall–Kier alpha value is -1.43. The molecule has 2 amide bonds. The van der Waals surface area contributed by atoms with Gasteiger partial charge in [-0.15, -0.1) is 0 Å². The van der Waals surface area contributed by atoms with Crippen molar-refractivity contribution in [1.29, 1.82) is 0 Å². The fourth-order valence-corrected chi connectivity index (χ4v) is 2.52. The molecule has 2 aliphatic heterocycles. The first-order valence-corrected chi connectivity index (χ1v) is 5.88. The average Bonchev–Trinajstić information content (AvgIpc) is 2.54. The van der Waals surface area contributed by atoms with E-state index in [1.54, 1.807) is 0 Å². The molecule has 94 valence electrons. The molecule has 0 aromatic heterocycles. The van der Waals surface area contributed by atoms with Gasteiger partial charge in [0.05, 0.1) is 18.4 Å². The molecule has 6 heteroatoms. The monoisotopic (exact) mass is 240 g/mol. The first-order chi connectivity index (χ1) is 8.09. The van der Waals surface area contributed by atoms with Crippen LogP contribution in [0.15, 0.2) is 0 Å². The quantitative estimate of drug-likeness (QED) is 0.655. The van der Waals surface area contributed by atoms with E-state index in [-0.39, 0.29) is 30.7 Å². The van der Waals surface area contributed by atoms with Crippen molar-refractivity contribution in [3.05, 3.63) is 0 Å². The minimum absolute atomic E-state index is 0.0433. The van der Waals surface area contributed by atoms with Crippen molar-refractivity contribution in [2.75, 3.05) is 13.1 Å². The molecule has 0 bridgehead atoms. The minimum Gasteiger partial charge on any atom is -0.481 e. The van der Waals surface area contributed by atoms with Crippen LogP contribution in [0.3, 0.4) is 0 Å². The topological polar surface area (TPSA) is 86.7 Å². The van der Waals surface area contributed by atoms with Gasteiger partial charge in [0.1, 0.15) is 0 Å². The van der Waals surface area contributed by atoms with Crippen molar-refractivity contribution >= 4 is 17.8 Å². The summed E-state index contributed by atoms with van der Waals surface area (Å²) in [6, 6.07) is -0.0949. The molecule has 2 atom stereocenters. The maximum Gasteiger partial charge on any atom is 0.304 e. The number of hydrogen-bond donors (Lipinski definition) is 2. The molecule has 2 unspecified atom stereocenters. The van der Waals surface area contributed by atoms with Crippen LogP contribution in [-0.4, -0.2) is 46.9 Å². The number of rotatable bonds is 3. The minimum atomic E-state index is -1.03. The Morgan fingerprint density at radius 1 is 1.47 bits per heavy atom. The van der Waals surface area contributed by atoms with Crippen molar-refractivity contribution in [1.82, 2.24) is 10.2 Å². The van der Waals surface area contributed by atoms with Crippen LogP contribution in [0.1, 0.15) is 25.7 Å². The van der Waals surface area contributed by atoms with E-state index in [9.17, 15) is 14.4 Å². The van der Waals surface area contributed by atoms with Crippen molar-refractivity contribution in [2.45, 2.75) is 31.7 Å². The van der Waals surface area contributed by atoms with Gasteiger partial charge in [0, 0.05) is 13.0 Å². The summed E-state index contributed by atoms with van der Waals surface area (Å²) in [5.74, 6) is -2.23. The van der Waals surface area contributed by atoms with Gasteiger partial charge in [0.15, 0.2) is 0 Å². The molecule has 2 saturated heterocycles. The van der Waals surface area contributed by atoms with Crippen molar-refractivity contribution in [2.24, 2.45) is 5.92 Å². The Morgan fingerprint density at radius 2 is 2.24 bits per heavy atom. The summed E-state index contributed by atoms with van der Waals surface area (Å²) in [5, 5.41) is 11.8. The van der Waals surface area contributed by atoms with Gasteiger partial charge >= 0.3 is 5.97 Å². The summed E-state index contributed by atoms with van der Waals surface area (Å²) in [4.78, 5) is 35.6. The molecule has 0 aromatic carbocycles. The smallest absolute Gasteiger partial charge is 0.304 e. The largest absolute Gasteiger partial charge is 0.481 e. The molecular weight excluding hydrogens is 224 g/mol. The number of carbonyl (C=O) groups is 3. The number of carbonyl (C=O) groups excluding carboxylic acids is 2. The number of likely N-dealkylation sites (tertiary alicyclic amines) is 1. The summed E-state index contributed by atoms with van der Waals surface area (Å²) in [7, 11) is 0. The number of piperidine rings is 1. The SMILES string of the molecule is O=C(O)CC1CC(=O)N(C2CCCNC2)C1=O. The van der Waals surface area contributed by atoms with Crippen LogP contribution in [0.5, 0.6) is 0 Å². The molecule has 2 heterocycles. The first-order valence-electron chi connectivity index (χ1n) is 5.88. The molecule has 17 heavy (non-hydrogen) atoms. The Bertz CT molecular complexity index is 349. The highest BCUT2D eigenvalue weighted by Gasteiger charge is 2.43. The highest BCUT2D eigenvalue weighted by Crippen LogP contribution is 2.26. The normalized spacial score (nSPS) is 29.8. The van der Waals surface area contributed by atoms with E-state index in [4.69, 9.17) is 5.11 Å². The molecule has 0 radical (unpaired) electrons. The van der Waals surface area contributed by atoms with Gasteiger partial charge < -0.3 is 10.4 Å². The molecule has 0 aliphatic carbocycles. The maximum atomic E-state index is 12.0. The molecule has 0 aromatic rings. The molecule has 2 N–H and O–H groups in total. The lowest BCUT2D eigenvalue weighted by atomic mass is 10.0. The second kappa shape index (κ2) is 4.83. The summed E-state index contributed by atoms with van der Waals surface area (Å²) < 4.78 is 0. The van der Waals surface area contributed by atoms with E-state index >= 15 is 0 Å². The van der Waals surface area contributed by atoms with E-state index < -0.39 is 11.9 Å². The van der Waals surface area contributed by atoms with E-state index in [2.05, 4.69) is 5.32 Å². The molecule has 2 aliphatic rings. The Balaban J connectivity index is 2.05. The van der Waals surface area contributed by atoms with E-state index in [1.807, 2.05) is 0 Å². The summed E-state index contributed by atoms with van der Waals surface area (Å²) in [6.07, 6.45) is 1.54. The van der Waals surface area contributed by atoms with Crippen LogP contribution in [-0.2, 0) is 14.4 Å². The number of imide groups is 1. The van der Waals surface area contributed by atoms with Crippen LogP contribution in [0.2, 0.25) is 0 Å². The van der Waals surface area contributed by atoms with Gasteiger partial charge in [-0.2, -0.15) is 0 Å². The lowest BCUT2D eigenvalue weighted by Crippen LogP contribution is -2.48. The van der Waals surface area contributed by atoms with Gasteiger partial charge in [-0.25, -0.2) is 0 Å². The Kier molecular flexibility index (Phi) is 3.42. The zero-order valence-electron chi connectivity index (χ0n) is 9.52. The zero-order valence-corrected chi connectivity index (χ0v) is 9.52. The van der Waals surface area contributed by atoms with Crippen molar-refractivity contribution < 1.29 is 19.5 Å². The molecule has 2 rings (SSSR count). The predicted molar refractivity (Wildman–Crippen MR) is 58.1 cm³/mol. The fourth-order valence-electron chi connectivity index (χ4n) is 2.52. The number of amides is 2. The zero-order chi connectivity index (χ0) is 12.4. The summed E-state index contributed by atoms with van der Waals surface area (Å²) in [6.45, 7) is 1.53. The fraction of sp³-hybridized carbons (Fsp3) is 0.727. The van der Waals surface area contributed by atoms with Crippen molar-refractivity contribution in [3.63, 3.8) is 0 Å². The Morgan fingerprint density at radius 3 is 2.82 bits per heavy atom. The van der Waals surface area contributed by atoms with Gasteiger partial charge in [0.25, 0.3) is 0 Å². The van der Waals surface area contributed by atoms with Crippen LogP contribution in [0, 0.1) is 5.92 Å².